The second kappa shape index (κ2) is 7.28. The number of nitrogens with zero attached hydrogens (tertiary/aromatic N) is 1. The summed E-state index contributed by atoms with van der Waals surface area (Å²) in [6.07, 6.45) is 0. The minimum atomic E-state index is -1.58. The molecule has 0 saturated heterocycles. The van der Waals surface area contributed by atoms with Gasteiger partial charge in [-0.15, -0.1) is 0 Å². The van der Waals surface area contributed by atoms with Gasteiger partial charge in [0.05, 0.1) is 13.2 Å². The standard InChI is InChI=1S/C8H15NO5/c1-9(2)3-4-13-5-6-14-8(12)7(10)11/h3-6H2,1-2H3,(H,10,11). The normalized spacial score (nSPS) is 10.2. The van der Waals surface area contributed by atoms with Crippen molar-refractivity contribution >= 4 is 11.9 Å². The van der Waals surface area contributed by atoms with E-state index >= 15 is 0 Å². The van der Waals surface area contributed by atoms with E-state index in [2.05, 4.69) is 4.74 Å². The number of aliphatic carboxylic acids is 1. The summed E-state index contributed by atoms with van der Waals surface area (Å²) in [4.78, 5) is 22.3. The van der Waals surface area contributed by atoms with Crippen molar-refractivity contribution in [2.75, 3.05) is 40.5 Å². The molecule has 0 aliphatic rings. The zero-order valence-electron chi connectivity index (χ0n) is 8.36. The summed E-state index contributed by atoms with van der Waals surface area (Å²) in [6.45, 7) is 1.48. The number of carboxylic acids is 1. The molecule has 0 saturated carbocycles. The van der Waals surface area contributed by atoms with Crippen LogP contribution in [0.25, 0.3) is 0 Å². The van der Waals surface area contributed by atoms with E-state index in [1.807, 2.05) is 19.0 Å². The second-order valence-electron chi connectivity index (χ2n) is 2.86. The highest BCUT2D eigenvalue weighted by atomic mass is 16.6. The molecule has 0 unspecified atom stereocenters. The van der Waals surface area contributed by atoms with Crippen molar-refractivity contribution < 1.29 is 24.2 Å². The minimum absolute atomic E-state index is 0.0292. The van der Waals surface area contributed by atoms with E-state index in [1.165, 1.54) is 0 Å². The zero-order valence-corrected chi connectivity index (χ0v) is 8.36. The van der Waals surface area contributed by atoms with Gasteiger partial charge in [0.1, 0.15) is 6.61 Å². The Morgan fingerprint density at radius 2 is 1.86 bits per heavy atom. The van der Waals surface area contributed by atoms with Gasteiger partial charge in [-0.2, -0.15) is 0 Å². The van der Waals surface area contributed by atoms with E-state index in [9.17, 15) is 9.59 Å². The molecule has 0 radical (unpaired) electrons. The first-order chi connectivity index (χ1) is 6.54. The number of esters is 1. The molecule has 0 spiro atoms. The van der Waals surface area contributed by atoms with Crippen molar-refractivity contribution in [3.63, 3.8) is 0 Å². The van der Waals surface area contributed by atoms with Crippen LogP contribution in [0.3, 0.4) is 0 Å². The van der Waals surface area contributed by atoms with E-state index in [-0.39, 0.29) is 13.2 Å². The Bertz CT molecular complexity index is 192. The van der Waals surface area contributed by atoms with Gasteiger partial charge >= 0.3 is 11.9 Å². The summed E-state index contributed by atoms with van der Waals surface area (Å²) in [7, 11) is 3.82. The van der Waals surface area contributed by atoms with Gasteiger partial charge < -0.3 is 19.5 Å². The van der Waals surface area contributed by atoms with Gasteiger partial charge in [0.25, 0.3) is 0 Å². The van der Waals surface area contributed by atoms with Crippen LogP contribution in [-0.2, 0) is 19.1 Å². The predicted octanol–water partition coefficient (Wildman–Crippen LogP) is -0.808. The lowest BCUT2D eigenvalue weighted by atomic mass is 10.6. The number of hydrogen-bond donors (Lipinski definition) is 1. The highest BCUT2D eigenvalue weighted by Crippen LogP contribution is 1.82. The summed E-state index contributed by atoms with van der Waals surface area (Å²) < 4.78 is 9.40. The molecule has 6 heteroatoms. The maximum Gasteiger partial charge on any atom is 0.417 e. The predicted molar refractivity (Wildman–Crippen MR) is 48.0 cm³/mol. The van der Waals surface area contributed by atoms with Crippen molar-refractivity contribution in [3.8, 4) is 0 Å². The molecule has 6 nitrogen and oxygen atoms in total. The van der Waals surface area contributed by atoms with Crippen LogP contribution in [0.5, 0.6) is 0 Å². The number of rotatable bonds is 6. The van der Waals surface area contributed by atoms with Gasteiger partial charge in [-0.25, -0.2) is 9.59 Å². The lowest BCUT2D eigenvalue weighted by Crippen LogP contribution is -2.21. The van der Waals surface area contributed by atoms with Crippen molar-refractivity contribution in [3.05, 3.63) is 0 Å². The fourth-order valence-corrected chi connectivity index (χ4v) is 0.604. The van der Waals surface area contributed by atoms with Crippen LogP contribution < -0.4 is 0 Å². The summed E-state index contributed by atoms with van der Waals surface area (Å²) in [6, 6.07) is 0. The molecule has 0 heterocycles. The number of carbonyl (C=O) groups excluding carboxylic acids is 1. The molecule has 82 valence electrons. The Hall–Kier alpha value is -1.14. The monoisotopic (exact) mass is 205 g/mol. The maximum absolute atomic E-state index is 10.4. The molecular weight excluding hydrogens is 190 g/mol. The lowest BCUT2D eigenvalue weighted by Gasteiger charge is -2.09. The Kier molecular flexibility index (Phi) is 6.69. The van der Waals surface area contributed by atoms with E-state index in [1.54, 1.807) is 0 Å². The third-order valence-corrected chi connectivity index (χ3v) is 1.32. The number of carbonyl (C=O) groups is 2. The topological polar surface area (TPSA) is 76.1 Å². The summed E-state index contributed by atoms with van der Waals surface area (Å²) in [5.41, 5.74) is 0. The van der Waals surface area contributed by atoms with Gasteiger partial charge in [0, 0.05) is 6.54 Å². The molecule has 0 aromatic carbocycles. The first kappa shape index (κ1) is 12.9. The third-order valence-electron chi connectivity index (χ3n) is 1.32. The van der Waals surface area contributed by atoms with Crippen LogP contribution in [-0.4, -0.2) is 62.4 Å². The first-order valence-electron chi connectivity index (χ1n) is 4.16. The van der Waals surface area contributed by atoms with Crippen LogP contribution in [0, 0.1) is 0 Å². The number of carboxylic acid groups (broad SMARTS) is 1. The van der Waals surface area contributed by atoms with E-state index < -0.39 is 11.9 Å². The molecule has 1 N–H and O–H groups in total. The molecule has 0 bridgehead atoms. The average molecular weight is 205 g/mol. The van der Waals surface area contributed by atoms with Gasteiger partial charge in [0.2, 0.25) is 0 Å². The minimum Gasteiger partial charge on any atom is -0.473 e. The van der Waals surface area contributed by atoms with Gasteiger partial charge in [-0.1, -0.05) is 0 Å². The summed E-state index contributed by atoms with van der Waals surface area (Å²) in [5, 5.41) is 8.14. The smallest absolute Gasteiger partial charge is 0.417 e. The molecular formula is C8H15NO5. The second-order valence-corrected chi connectivity index (χ2v) is 2.86. The number of hydrogen-bond acceptors (Lipinski definition) is 5. The maximum atomic E-state index is 10.4. The van der Waals surface area contributed by atoms with Gasteiger partial charge in [-0.05, 0) is 14.1 Å². The van der Waals surface area contributed by atoms with Gasteiger partial charge in [0.15, 0.2) is 0 Å². The summed E-state index contributed by atoms with van der Waals surface area (Å²) in [5.74, 6) is -2.83. The van der Waals surface area contributed by atoms with Crippen LogP contribution in [0.4, 0.5) is 0 Å². The fourth-order valence-electron chi connectivity index (χ4n) is 0.604. The molecule has 0 aliphatic heterocycles. The number of likely N-dealkylation sites (N-methyl/N-ethyl adjacent to an activating group) is 1. The van der Waals surface area contributed by atoms with Crippen molar-refractivity contribution in [2.45, 2.75) is 0 Å². The highest BCUT2D eigenvalue weighted by molar-refractivity contribution is 6.28. The van der Waals surface area contributed by atoms with Crippen molar-refractivity contribution in [1.29, 1.82) is 0 Å². The molecule has 0 aliphatic carbocycles. The summed E-state index contributed by atoms with van der Waals surface area (Å²) >= 11 is 0. The van der Waals surface area contributed by atoms with Crippen LogP contribution in [0.1, 0.15) is 0 Å². The Labute approximate surface area is 82.4 Å². The van der Waals surface area contributed by atoms with Gasteiger partial charge in [-0.3, -0.25) is 0 Å². The quantitative estimate of drug-likeness (QED) is 0.347. The number of ether oxygens (including phenoxy) is 2. The lowest BCUT2D eigenvalue weighted by molar-refractivity contribution is -0.164. The van der Waals surface area contributed by atoms with Crippen molar-refractivity contribution in [1.82, 2.24) is 4.90 Å². The molecule has 0 amide bonds. The fraction of sp³-hybridized carbons (Fsp3) is 0.750. The van der Waals surface area contributed by atoms with E-state index in [0.29, 0.717) is 6.61 Å². The zero-order chi connectivity index (χ0) is 11.0. The molecule has 0 fully saturated rings. The van der Waals surface area contributed by atoms with Crippen molar-refractivity contribution in [2.24, 2.45) is 0 Å². The third kappa shape index (κ3) is 7.51. The largest absolute Gasteiger partial charge is 0.473 e. The Balaban J connectivity index is 3.22. The SMILES string of the molecule is CN(C)CCOCCOC(=O)C(=O)O. The van der Waals surface area contributed by atoms with E-state index in [0.717, 1.165) is 6.54 Å². The Morgan fingerprint density at radius 1 is 1.21 bits per heavy atom. The van der Waals surface area contributed by atoms with Crippen LogP contribution in [0.2, 0.25) is 0 Å². The Morgan fingerprint density at radius 3 is 2.36 bits per heavy atom. The van der Waals surface area contributed by atoms with Crippen LogP contribution in [0.15, 0.2) is 0 Å². The first-order valence-corrected chi connectivity index (χ1v) is 4.16. The molecule has 0 aromatic heterocycles. The molecule has 0 aromatic rings. The van der Waals surface area contributed by atoms with Crippen LogP contribution >= 0.6 is 0 Å². The highest BCUT2D eigenvalue weighted by Gasteiger charge is 2.11. The average Bonchev–Trinajstić information content (AvgIpc) is 2.09. The van der Waals surface area contributed by atoms with E-state index in [4.69, 9.17) is 9.84 Å². The molecule has 0 rings (SSSR count). The molecule has 14 heavy (non-hydrogen) atoms. The molecule has 0 atom stereocenters.